The van der Waals surface area contributed by atoms with Gasteiger partial charge in [0.25, 0.3) is 0 Å². The second-order valence-corrected chi connectivity index (χ2v) is 4.77. The molecule has 1 unspecified atom stereocenters. The van der Waals surface area contributed by atoms with Crippen LogP contribution < -0.4 is 5.73 Å². The van der Waals surface area contributed by atoms with Crippen molar-refractivity contribution in [3.05, 3.63) is 27.7 Å². The molecule has 0 amide bonds. The Labute approximate surface area is 111 Å². The molecule has 1 atom stereocenters. The predicted octanol–water partition coefficient (Wildman–Crippen LogP) is 4.80. The Hall–Kier alpha value is -0.990. The number of nitrogens with two attached hydrogens (primary N) is 1. The van der Waals surface area contributed by atoms with E-state index in [4.69, 9.17) is 5.73 Å². The summed E-state index contributed by atoms with van der Waals surface area (Å²) in [6, 6.07) is 0.644. The molecular weight excluding hydrogens is 347 g/mol. The number of rotatable bonds is 1. The Morgan fingerprint density at radius 2 is 1.47 bits per heavy atom. The molecule has 0 aromatic heterocycles. The SMILES string of the molecule is CC(F)(c1cc(Br)c(N)c(C(F)(F)F)c1)C(F)(F)F. The van der Waals surface area contributed by atoms with E-state index in [1.54, 1.807) is 0 Å². The van der Waals surface area contributed by atoms with Gasteiger partial charge in [-0.3, -0.25) is 0 Å². The topological polar surface area (TPSA) is 26.0 Å². The predicted molar refractivity (Wildman–Crippen MR) is 58.1 cm³/mol. The zero-order chi connectivity index (χ0) is 15.2. The number of hydrogen-bond acceptors (Lipinski definition) is 1. The van der Waals surface area contributed by atoms with Crippen LogP contribution in [-0.4, -0.2) is 6.18 Å². The molecule has 0 fully saturated rings. The van der Waals surface area contributed by atoms with E-state index in [2.05, 4.69) is 15.9 Å². The summed E-state index contributed by atoms with van der Waals surface area (Å²) in [4.78, 5) is 0. The van der Waals surface area contributed by atoms with Crippen LogP contribution in [-0.2, 0) is 11.8 Å². The van der Waals surface area contributed by atoms with Crippen molar-refractivity contribution in [3.8, 4) is 0 Å². The molecule has 0 aliphatic heterocycles. The second kappa shape index (κ2) is 4.53. The van der Waals surface area contributed by atoms with Gasteiger partial charge in [0.05, 0.1) is 11.3 Å². The highest BCUT2D eigenvalue weighted by molar-refractivity contribution is 9.10. The van der Waals surface area contributed by atoms with Crippen molar-refractivity contribution in [3.63, 3.8) is 0 Å². The average Bonchev–Trinajstić information content (AvgIpc) is 2.18. The van der Waals surface area contributed by atoms with E-state index >= 15 is 0 Å². The third kappa shape index (κ3) is 2.96. The number of alkyl halides is 7. The van der Waals surface area contributed by atoms with E-state index in [1.165, 1.54) is 0 Å². The summed E-state index contributed by atoms with van der Waals surface area (Å²) in [5.74, 6) is 0. The van der Waals surface area contributed by atoms with Gasteiger partial charge in [0.1, 0.15) is 0 Å². The quantitative estimate of drug-likeness (QED) is 0.569. The molecule has 0 saturated heterocycles. The van der Waals surface area contributed by atoms with Crippen LogP contribution in [0.15, 0.2) is 16.6 Å². The van der Waals surface area contributed by atoms with Crippen molar-refractivity contribution >= 4 is 21.6 Å². The molecular formula is C10H7BrF7N. The van der Waals surface area contributed by atoms with Crippen LogP contribution >= 0.6 is 15.9 Å². The number of nitrogen functional groups attached to an aromatic ring is 1. The van der Waals surface area contributed by atoms with Crippen LogP contribution in [0.4, 0.5) is 36.4 Å². The maximum atomic E-state index is 13.7. The first-order valence-corrected chi connectivity index (χ1v) is 5.50. The lowest BCUT2D eigenvalue weighted by atomic mass is 9.94. The first-order valence-electron chi connectivity index (χ1n) is 4.71. The second-order valence-electron chi connectivity index (χ2n) is 3.92. The first-order chi connectivity index (χ1) is 8.28. The summed E-state index contributed by atoms with van der Waals surface area (Å²) < 4.78 is 88.4. The van der Waals surface area contributed by atoms with Crippen molar-refractivity contribution in [1.82, 2.24) is 0 Å². The summed E-state index contributed by atoms with van der Waals surface area (Å²) in [7, 11) is 0. The van der Waals surface area contributed by atoms with Crippen LogP contribution in [0.2, 0.25) is 0 Å². The number of anilines is 1. The Balaban J connectivity index is 3.54. The Morgan fingerprint density at radius 1 is 1.00 bits per heavy atom. The maximum absolute atomic E-state index is 13.7. The molecule has 1 nitrogen and oxygen atoms in total. The molecule has 1 rings (SSSR count). The van der Waals surface area contributed by atoms with Gasteiger partial charge < -0.3 is 5.73 Å². The van der Waals surface area contributed by atoms with Gasteiger partial charge in [-0.05, 0) is 40.5 Å². The Morgan fingerprint density at radius 3 is 1.84 bits per heavy atom. The smallest absolute Gasteiger partial charge is 0.397 e. The molecule has 0 heterocycles. The molecule has 0 spiro atoms. The molecule has 108 valence electrons. The van der Waals surface area contributed by atoms with Gasteiger partial charge >= 0.3 is 12.4 Å². The Bertz CT molecular complexity index is 490. The summed E-state index contributed by atoms with van der Waals surface area (Å²) in [6.45, 7) is 0.144. The van der Waals surface area contributed by atoms with Crippen molar-refractivity contribution in [1.29, 1.82) is 0 Å². The van der Waals surface area contributed by atoms with Crippen LogP contribution in [0.25, 0.3) is 0 Å². The minimum atomic E-state index is -5.34. The minimum absolute atomic E-state index is 0.0631. The van der Waals surface area contributed by atoms with Gasteiger partial charge in [-0.15, -0.1) is 0 Å². The molecule has 19 heavy (non-hydrogen) atoms. The van der Waals surface area contributed by atoms with Crippen LogP contribution in [0.3, 0.4) is 0 Å². The van der Waals surface area contributed by atoms with Crippen molar-refractivity contribution in [2.45, 2.75) is 24.9 Å². The van der Waals surface area contributed by atoms with Gasteiger partial charge in [0.15, 0.2) is 0 Å². The van der Waals surface area contributed by atoms with Gasteiger partial charge in [0, 0.05) is 4.47 Å². The molecule has 0 aliphatic carbocycles. The van der Waals surface area contributed by atoms with E-state index in [0.717, 1.165) is 0 Å². The number of hydrogen-bond donors (Lipinski definition) is 1. The van der Waals surface area contributed by atoms with Gasteiger partial charge in [0.2, 0.25) is 5.67 Å². The molecule has 0 bridgehead atoms. The normalized spacial score (nSPS) is 16.3. The molecule has 1 aromatic rings. The Kier molecular flexibility index (Phi) is 3.83. The minimum Gasteiger partial charge on any atom is -0.397 e. The third-order valence-corrected chi connectivity index (χ3v) is 3.17. The summed E-state index contributed by atoms with van der Waals surface area (Å²) in [5, 5.41) is 0. The van der Waals surface area contributed by atoms with Gasteiger partial charge in [-0.1, -0.05) is 0 Å². The molecule has 1 aromatic carbocycles. The number of halogens is 8. The average molecular weight is 354 g/mol. The lowest BCUT2D eigenvalue weighted by Gasteiger charge is -2.25. The summed E-state index contributed by atoms with van der Waals surface area (Å²) >= 11 is 2.59. The zero-order valence-electron chi connectivity index (χ0n) is 9.26. The highest BCUT2D eigenvalue weighted by atomic mass is 79.9. The molecule has 0 aliphatic rings. The molecule has 9 heteroatoms. The van der Waals surface area contributed by atoms with E-state index in [1.807, 2.05) is 0 Å². The fourth-order valence-corrected chi connectivity index (χ4v) is 1.75. The lowest BCUT2D eigenvalue weighted by molar-refractivity contribution is -0.228. The summed E-state index contributed by atoms with van der Waals surface area (Å²) in [5.41, 5.74) is -2.29. The van der Waals surface area contributed by atoms with E-state index < -0.39 is 39.3 Å². The van der Waals surface area contributed by atoms with E-state index in [0.29, 0.717) is 6.07 Å². The van der Waals surface area contributed by atoms with Crippen LogP contribution in [0.5, 0.6) is 0 Å². The standard InChI is InChI=1S/C10H7BrF7N/c1-8(12,10(16,17)18)4-2-5(9(13,14)15)7(19)6(11)3-4/h2-3H,19H2,1H3. The van der Waals surface area contributed by atoms with Crippen molar-refractivity contribution in [2.24, 2.45) is 0 Å². The fraction of sp³-hybridized carbons (Fsp3) is 0.400. The van der Waals surface area contributed by atoms with Crippen molar-refractivity contribution in [2.75, 3.05) is 5.73 Å². The lowest BCUT2D eigenvalue weighted by Crippen LogP contribution is -2.35. The first kappa shape index (κ1) is 16.1. The van der Waals surface area contributed by atoms with E-state index in [-0.39, 0.29) is 13.0 Å². The number of benzene rings is 1. The third-order valence-electron chi connectivity index (χ3n) is 2.51. The van der Waals surface area contributed by atoms with Crippen LogP contribution in [0, 0.1) is 0 Å². The maximum Gasteiger partial charge on any atom is 0.426 e. The van der Waals surface area contributed by atoms with Crippen LogP contribution in [0.1, 0.15) is 18.1 Å². The van der Waals surface area contributed by atoms with Gasteiger partial charge in [-0.2, -0.15) is 26.3 Å². The highest BCUT2D eigenvalue weighted by Gasteiger charge is 2.54. The van der Waals surface area contributed by atoms with Crippen molar-refractivity contribution < 1.29 is 30.7 Å². The van der Waals surface area contributed by atoms with Gasteiger partial charge in [-0.25, -0.2) is 4.39 Å². The zero-order valence-corrected chi connectivity index (χ0v) is 10.8. The molecule has 0 radical (unpaired) electrons. The monoisotopic (exact) mass is 353 g/mol. The molecule has 0 saturated carbocycles. The summed E-state index contributed by atoms with van der Waals surface area (Å²) in [6.07, 6.45) is -10.3. The fourth-order valence-electron chi connectivity index (χ4n) is 1.29. The largest absolute Gasteiger partial charge is 0.426 e. The molecule has 2 N–H and O–H groups in total. The highest BCUT2D eigenvalue weighted by Crippen LogP contribution is 2.46. The van der Waals surface area contributed by atoms with E-state index in [9.17, 15) is 30.7 Å².